The smallest absolute Gasteiger partial charge is 0.0589 e. The van der Waals surface area contributed by atoms with Gasteiger partial charge in [0, 0.05) is 26.2 Å². The minimum Gasteiger partial charge on any atom is -0.393 e. The summed E-state index contributed by atoms with van der Waals surface area (Å²) in [7, 11) is 1.78. The molecule has 2 fully saturated rings. The van der Waals surface area contributed by atoms with Gasteiger partial charge < -0.3 is 9.84 Å². The molecule has 0 aromatic heterocycles. The van der Waals surface area contributed by atoms with Crippen molar-refractivity contribution in [2.75, 3.05) is 26.8 Å². The summed E-state index contributed by atoms with van der Waals surface area (Å²) in [6.45, 7) is 7.51. The minimum absolute atomic E-state index is 0.0887. The predicted molar refractivity (Wildman–Crippen MR) is 82.8 cm³/mol. The zero-order valence-electron chi connectivity index (χ0n) is 13.6. The van der Waals surface area contributed by atoms with Crippen LogP contribution >= 0.6 is 0 Å². The lowest BCUT2D eigenvalue weighted by Crippen LogP contribution is -2.44. The average Bonchev–Trinajstić information content (AvgIpc) is 3.29. The van der Waals surface area contributed by atoms with Crippen molar-refractivity contribution in [3.63, 3.8) is 0 Å². The topological polar surface area (TPSA) is 32.7 Å². The molecule has 0 spiro atoms. The molecule has 20 heavy (non-hydrogen) atoms. The van der Waals surface area contributed by atoms with Crippen LogP contribution in [-0.4, -0.2) is 49.0 Å². The second-order valence-corrected chi connectivity index (χ2v) is 6.98. The van der Waals surface area contributed by atoms with Crippen LogP contribution in [0.2, 0.25) is 0 Å². The Morgan fingerprint density at radius 2 is 2.00 bits per heavy atom. The summed E-state index contributed by atoms with van der Waals surface area (Å²) >= 11 is 0. The lowest BCUT2D eigenvalue weighted by atomic mass is 9.78. The molecule has 118 valence electrons. The van der Waals surface area contributed by atoms with Gasteiger partial charge in [0.15, 0.2) is 0 Å². The lowest BCUT2D eigenvalue weighted by Gasteiger charge is -2.38. The normalized spacial score (nSPS) is 32.5. The van der Waals surface area contributed by atoms with Crippen molar-refractivity contribution in [1.29, 1.82) is 0 Å². The van der Waals surface area contributed by atoms with E-state index < -0.39 is 0 Å². The Balaban J connectivity index is 1.90. The highest BCUT2D eigenvalue weighted by atomic mass is 16.5. The van der Waals surface area contributed by atoms with Gasteiger partial charge in [-0.3, -0.25) is 4.90 Å². The zero-order chi connectivity index (χ0) is 14.5. The molecule has 3 nitrogen and oxygen atoms in total. The summed E-state index contributed by atoms with van der Waals surface area (Å²) in [5.41, 5.74) is 0. The maximum atomic E-state index is 10.3. The van der Waals surface area contributed by atoms with Crippen molar-refractivity contribution in [2.45, 2.75) is 64.5 Å². The fourth-order valence-corrected chi connectivity index (χ4v) is 3.76. The van der Waals surface area contributed by atoms with Gasteiger partial charge in [-0.25, -0.2) is 0 Å². The molecule has 0 heterocycles. The highest BCUT2D eigenvalue weighted by molar-refractivity contribution is 4.88. The first-order valence-electron chi connectivity index (χ1n) is 8.56. The SMILES string of the molecule is CCC1CCC(O)C(CN(CCOC)C(C)C2CC2)C1. The fraction of sp³-hybridized carbons (Fsp3) is 1.00. The molecule has 4 unspecified atom stereocenters. The first-order valence-corrected chi connectivity index (χ1v) is 8.56. The Morgan fingerprint density at radius 3 is 2.60 bits per heavy atom. The molecule has 0 saturated heterocycles. The van der Waals surface area contributed by atoms with Crippen LogP contribution in [0.4, 0.5) is 0 Å². The van der Waals surface area contributed by atoms with E-state index in [1.165, 1.54) is 32.1 Å². The maximum absolute atomic E-state index is 10.3. The monoisotopic (exact) mass is 283 g/mol. The van der Waals surface area contributed by atoms with Crippen LogP contribution in [0, 0.1) is 17.8 Å². The van der Waals surface area contributed by atoms with Crippen LogP contribution < -0.4 is 0 Å². The molecule has 0 aromatic rings. The molecule has 0 amide bonds. The highest BCUT2D eigenvalue weighted by Crippen LogP contribution is 2.37. The van der Waals surface area contributed by atoms with Gasteiger partial charge in [0.25, 0.3) is 0 Å². The van der Waals surface area contributed by atoms with E-state index >= 15 is 0 Å². The van der Waals surface area contributed by atoms with E-state index in [9.17, 15) is 5.11 Å². The largest absolute Gasteiger partial charge is 0.393 e. The standard InChI is InChI=1S/C17H33NO2/c1-4-14-5-8-17(19)16(11-14)12-18(9-10-20-3)13(2)15-6-7-15/h13-17,19H,4-12H2,1-3H3. The molecule has 4 atom stereocenters. The summed E-state index contributed by atoms with van der Waals surface area (Å²) in [6.07, 6.45) is 7.36. The molecule has 2 rings (SSSR count). The van der Waals surface area contributed by atoms with Gasteiger partial charge in [-0.2, -0.15) is 0 Å². The van der Waals surface area contributed by atoms with Gasteiger partial charge in [-0.15, -0.1) is 0 Å². The van der Waals surface area contributed by atoms with Crippen LogP contribution in [0.15, 0.2) is 0 Å². The van der Waals surface area contributed by atoms with E-state index in [-0.39, 0.29) is 6.10 Å². The minimum atomic E-state index is -0.0887. The first kappa shape index (κ1) is 16.3. The second kappa shape index (κ2) is 7.77. The molecule has 0 bridgehead atoms. The Bertz CT molecular complexity index is 280. The molecule has 0 aliphatic heterocycles. The van der Waals surface area contributed by atoms with Crippen molar-refractivity contribution in [2.24, 2.45) is 17.8 Å². The summed E-state index contributed by atoms with van der Waals surface area (Å²) in [5, 5.41) is 10.3. The van der Waals surface area contributed by atoms with Gasteiger partial charge in [-0.1, -0.05) is 13.3 Å². The Kier molecular flexibility index (Phi) is 6.31. The summed E-state index contributed by atoms with van der Waals surface area (Å²) < 4.78 is 5.28. The van der Waals surface area contributed by atoms with Crippen molar-refractivity contribution >= 4 is 0 Å². The molecule has 0 aromatic carbocycles. The fourth-order valence-electron chi connectivity index (χ4n) is 3.76. The van der Waals surface area contributed by atoms with Gasteiger partial charge >= 0.3 is 0 Å². The van der Waals surface area contributed by atoms with Crippen molar-refractivity contribution in [1.82, 2.24) is 4.90 Å². The third-order valence-corrected chi connectivity index (χ3v) is 5.56. The number of aliphatic hydroxyl groups is 1. The Hall–Kier alpha value is -0.120. The number of aliphatic hydroxyl groups excluding tert-OH is 1. The predicted octanol–water partition coefficient (Wildman–Crippen LogP) is 2.92. The first-order chi connectivity index (χ1) is 9.65. The van der Waals surface area contributed by atoms with E-state index in [4.69, 9.17) is 4.74 Å². The van der Waals surface area contributed by atoms with E-state index in [0.29, 0.717) is 12.0 Å². The summed E-state index contributed by atoms with van der Waals surface area (Å²) in [6, 6.07) is 0.652. The van der Waals surface area contributed by atoms with Crippen LogP contribution in [0.1, 0.15) is 52.4 Å². The van der Waals surface area contributed by atoms with Gasteiger partial charge in [0.05, 0.1) is 12.7 Å². The maximum Gasteiger partial charge on any atom is 0.0589 e. The van der Waals surface area contributed by atoms with E-state index in [0.717, 1.165) is 38.0 Å². The molecule has 1 N–H and O–H groups in total. The van der Waals surface area contributed by atoms with E-state index in [1.807, 2.05) is 0 Å². The number of rotatable bonds is 8. The number of nitrogens with zero attached hydrogens (tertiary/aromatic N) is 1. The molecule has 3 heteroatoms. The van der Waals surface area contributed by atoms with Gasteiger partial charge in [0.1, 0.15) is 0 Å². The van der Waals surface area contributed by atoms with Crippen molar-refractivity contribution < 1.29 is 9.84 Å². The summed E-state index contributed by atoms with van der Waals surface area (Å²) in [5.74, 6) is 2.17. The molecule has 2 aliphatic carbocycles. The number of hydrogen-bond acceptors (Lipinski definition) is 3. The van der Waals surface area contributed by atoms with Gasteiger partial charge in [0.2, 0.25) is 0 Å². The molecule has 0 radical (unpaired) electrons. The lowest BCUT2D eigenvalue weighted by molar-refractivity contribution is 0.0113. The number of methoxy groups -OCH3 is 1. The summed E-state index contributed by atoms with van der Waals surface area (Å²) in [4.78, 5) is 2.58. The van der Waals surface area contributed by atoms with Crippen molar-refractivity contribution in [3.8, 4) is 0 Å². The van der Waals surface area contributed by atoms with Crippen LogP contribution in [0.25, 0.3) is 0 Å². The molecule has 2 aliphatic rings. The number of hydrogen-bond donors (Lipinski definition) is 1. The third kappa shape index (κ3) is 4.44. The zero-order valence-corrected chi connectivity index (χ0v) is 13.6. The molecule has 2 saturated carbocycles. The number of ether oxygens (including phenoxy) is 1. The van der Waals surface area contributed by atoms with Crippen LogP contribution in [0.5, 0.6) is 0 Å². The highest BCUT2D eigenvalue weighted by Gasteiger charge is 2.35. The quantitative estimate of drug-likeness (QED) is 0.743. The van der Waals surface area contributed by atoms with E-state index in [1.54, 1.807) is 7.11 Å². The van der Waals surface area contributed by atoms with Crippen LogP contribution in [-0.2, 0) is 4.74 Å². The van der Waals surface area contributed by atoms with Crippen LogP contribution in [0.3, 0.4) is 0 Å². The third-order valence-electron chi connectivity index (χ3n) is 5.56. The van der Waals surface area contributed by atoms with E-state index in [2.05, 4.69) is 18.7 Å². The Labute approximate surface area is 124 Å². The van der Waals surface area contributed by atoms with Crippen molar-refractivity contribution in [3.05, 3.63) is 0 Å². The van der Waals surface area contributed by atoms with Gasteiger partial charge in [-0.05, 0) is 56.8 Å². The molecular formula is C17H33NO2. The Morgan fingerprint density at radius 1 is 1.25 bits per heavy atom. The molecular weight excluding hydrogens is 250 g/mol. The second-order valence-electron chi connectivity index (χ2n) is 6.98. The average molecular weight is 283 g/mol.